The summed E-state index contributed by atoms with van der Waals surface area (Å²) in [7, 11) is 0. The second-order valence-electron chi connectivity index (χ2n) is 4.54. The molecule has 0 aliphatic rings. The van der Waals surface area contributed by atoms with Gasteiger partial charge in [0.2, 0.25) is 0 Å². The zero-order valence-corrected chi connectivity index (χ0v) is 13.1. The maximum atomic E-state index is 11.9. The monoisotopic (exact) mass is 337 g/mol. The first-order valence-electron chi connectivity index (χ1n) is 6.27. The number of hydrogen-bond donors (Lipinski definition) is 3. The summed E-state index contributed by atoms with van der Waals surface area (Å²) in [5.74, 6) is -0.541. The van der Waals surface area contributed by atoms with E-state index in [4.69, 9.17) is 28.9 Å². The Morgan fingerprint density at radius 3 is 2.50 bits per heavy atom. The van der Waals surface area contributed by atoms with Crippen LogP contribution in [0.3, 0.4) is 0 Å². The Kier molecular flexibility index (Phi) is 4.90. The molecular formula is C15H13Cl2N3O2. The minimum atomic E-state index is -0.396. The molecule has 0 heterocycles. The highest BCUT2D eigenvalue weighted by atomic mass is 35.5. The number of amides is 1. The Balaban J connectivity index is 2.19. The van der Waals surface area contributed by atoms with E-state index in [9.17, 15) is 9.90 Å². The third-order valence-corrected chi connectivity index (χ3v) is 3.42. The molecule has 4 N–H and O–H groups in total. The normalized spacial score (nSPS) is 11.3. The first-order valence-corrected chi connectivity index (χ1v) is 7.02. The number of nitrogen functional groups attached to an aromatic ring is 1. The highest BCUT2D eigenvalue weighted by molar-refractivity contribution is 6.36. The van der Waals surface area contributed by atoms with Crippen LogP contribution in [0.4, 0.5) is 5.69 Å². The molecule has 7 heteroatoms. The highest BCUT2D eigenvalue weighted by Crippen LogP contribution is 2.31. The number of nitrogens with two attached hydrogens (primary N) is 1. The average Bonchev–Trinajstić information content (AvgIpc) is 2.48. The van der Waals surface area contributed by atoms with Gasteiger partial charge in [-0.1, -0.05) is 23.2 Å². The number of benzene rings is 2. The molecule has 0 saturated carbocycles. The van der Waals surface area contributed by atoms with E-state index in [1.807, 2.05) is 0 Å². The third kappa shape index (κ3) is 3.69. The lowest BCUT2D eigenvalue weighted by Crippen LogP contribution is -2.19. The summed E-state index contributed by atoms with van der Waals surface area (Å²) in [4.78, 5) is 11.9. The van der Waals surface area contributed by atoms with E-state index in [1.54, 1.807) is 31.2 Å². The van der Waals surface area contributed by atoms with E-state index in [-0.39, 0.29) is 10.8 Å². The number of carbonyl (C=O) groups is 1. The molecule has 114 valence electrons. The number of carbonyl (C=O) groups excluding carboxylic acids is 1. The standard InChI is InChI=1S/C15H13Cl2N3O2/c1-8(12-6-10(16)7-13(17)14(12)21)19-20-15(22)9-2-4-11(18)5-3-9/h2-7,21H,18H2,1H3,(H,20,22). The van der Waals surface area contributed by atoms with Crippen molar-refractivity contribution >= 4 is 40.5 Å². The van der Waals surface area contributed by atoms with E-state index in [0.29, 0.717) is 27.5 Å². The minimum Gasteiger partial charge on any atom is -0.506 e. The molecule has 2 aromatic rings. The quantitative estimate of drug-likeness (QED) is 0.455. The number of phenols is 1. The van der Waals surface area contributed by atoms with E-state index >= 15 is 0 Å². The van der Waals surface area contributed by atoms with Crippen molar-refractivity contribution in [1.29, 1.82) is 0 Å². The predicted octanol–water partition coefficient (Wildman–Crippen LogP) is 3.44. The lowest BCUT2D eigenvalue weighted by Gasteiger charge is -2.07. The molecule has 2 aromatic carbocycles. The maximum Gasteiger partial charge on any atom is 0.271 e. The molecule has 0 fully saturated rings. The number of anilines is 1. The van der Waals surface area contributed by atoms with Crippen LogP contribution >= 0.6 is 23.2 Å². The molecule has 5 nitrogen and oxygen atoms in total. The SMILES string of the molecule is CC(=NNC(=O)c1ccc(N)cc1)c1cc(Cl)cc(Cl)c1O. The van der Waals surface area contributed by atoms with Crippen LogP contribution in [0.1, 0.15) is 22.8 Å². The molecule has 0 spiro atoms. The van der Waals surface area contributed by atoms with Crippen LogP contribution < -0.4 is 11.2 Å². The first kappa shape index (κ1) is 16.1. The average molecular weight is 338 g/mol. The molecule has 0 aliphatic heterocycles. The number of hydrazone groups is 1. The van der Waals surface area contributed by atoms with Gasteiger partial charge in [-0.05, 0) is 43.3 Å². The van der Waals surface area contributed by atoms with Gasteiger partial charge in [-0.15, -0.1) is 0 Å². The fourth-order valence-electron chi connectivity index (χ4n) is 1.74. The van der Waals surface area contributed by atoms with Gasteiger partial charge in [0.15, 0.2) is 0 Å². The summed E-state index contributed by atoms with van der Waals surface area (Å²) >= 11 is 11.7. The number of nitrogens with one attached hydrogen (secondary N) is 1. The van der Waals surface area contributed by atoms with Crippen LogP contribution in [0.25, 0.3) is 0 Å². The second-order valence-corrected chi connectivity index (χ2v) is 5.39. The van der Waals surface area contributed by atoms with Crippen LogP contribution in [0.2, 0.25) is 10.0 Å². The first-order chi connectivity index (χ1) is 10.4. The van der Waals surface area contributed by atoms with Crippen molar-refractivity contribution in [2.24, 2.45) is 5.10 Å². The van der Waals surface area contributed by atoms with Crippen molar-refractivity contribution in [3.63, 3.8) is 0 Å². The van der Waals surface area contributed by atoms with Crippen LogP contribution in [0.5, 0.6) is 5.75 Å². The fraction of sp³-hybridized carbons (Fsp3) is 0.0667. The number of halogens is 2. The Labute approximate surface area is 137 Å². The Bertz CT molecular complexity index is 743. The molecule has 0 aromatic heterocycles. The van der Waals surface area contributed by atoms with Crippen LogP contribution in [0, 0.1) is 0 Å². The van der Waals surface area contributed by atoms with Crippen molar-refractivity contribution in [2.75, 3.05) is 5.73 Å². The van der Waals surface area contributed by atoms with Crippen molar-refractivity contribution in [2.45, 2.75) is 6.92 Å². The number of hydrogen-bond acceptors (Lipinski definition) is 4. The number of phenolic OH excluding ortho intramolecular Hbond substituents is 1. The van der Waals surface area contributed by atoms with Crippen LogP contribution in [0.15, 0.2) is 41.5 Å². The van der Waals surface area contributed by atoms with Gasteiger partial charge in [0.1, 0.15) is 5.75 Å². The maximum absolute atomic E-state index is 11.9. The van der Waals surface area contributed by atoms with E-state index < -0.39 is 5.91 Å². The zero-order chi connectivity index (χ0) is 16.3. The molecule has 22 heavy (non-hydrogen) atoms. The molecule has 0 bridgehead atoms. The van der Waals surface area contributed by atoms with Crippen LogP contribution in [-0.2, 0) is 0 Å². The van der Waals surface area contributed by atoms with Gasteiger partial charge in [0.05, 0.1) is 10.7 Å². The van der Waals surface area contributed by atoms with Crippen molar-refractivity contribution in [1.82, 2.24) is 5.43 Å². The molecule has 0 atom stereocenters. The Morgan fingerprint density at radius 2 is 1.86 bits per heavy atom. The Hall–Kier alpha value is -2.24. The lowest BCUT2D eigenvalue weighted by atomic mass is 10.1. The summed E-state index contributed by atoms with van der Waals surface area (Å²) in [6.45, 7) is 1.62. The van der Waals surface area contributed by atoms with E-state index in [0.717, 1.165) is 0 Å². The van der Waals surface area contributed by atoms with E-state index in [2.05, 4.69) is 10.5 Å². The predicted molar refractivity (Wildman–Crippen MR) is 88.7 cm³/mol. The second kappa shape index (κ2) is 6.68. The molecule has 1 amide bonds. The third-order valence-electron chi connectivity index (χ3n) is 2.92. The van der Waals surface area contributed by atoms with Gasteiger partial charge in [0, 0.05) is 21.8 Å². The molecule has 2 rings (SSSR count). The number of aromatic hydroxyl groups is 1. The summed E-state index contributed by atoms with van der Waals surface area (Å²) in [5.41, 5.74) is 9.64. The fourth-order valence-corrected chi connectivity index (χ4v) is 2.23. The number of nitrogens with zero attached hydrogens (tertiary/aromatic N) is 1. The lowest BCUT2D eigenvalue weighted by molar-refractivity contribution is 0.0955. The highest BCUT2D eigenvalue weighted by Gasteiger charge is 2.11. The van der Waals surface area contributed by atoms with Gasteiger partial charge < -0.3 is 10.8 Å². The Morgan fingerprint density at radius 1 is 1.23 bits per heavy atom. The molecule has 0 saturated heterocycles. The van der Waals surface area contributed by atoms with Crippen molar-refractivity contribution < 1.29 is 9.90 Å². The van der Waals surface area contributed by atoms with Gasteiger partial charge in [-0.3, -0.25) is 4.79 Å². The van der Waals surface area contributed by atoms with Crippen LogP contribution in [-0.4, -0.2) is 16.7 Å². The van der Waals surface area contributed by atoms with Crippen molar-refractivity contribution in [3.8, 4) is 5.75 Å². The summed E-state index contributed by atoms with van der Waals surface area (Å²) in [5, 5.41) is 14.3. The molecular weight excluding hydrogens is 325 g/mol. The van der Waals surface area contributed by atoms with Gasteiger partial charge in [-0.2, -0.15) is 5.10 Å². The number of rotatable bonds is 3. The summed E-state index contributed by atoms with van der Waals surface area (Å²) in [6.07, 6.45) is 0. The molecule has 0 radical (unpaired) electrons. The summed E-state index contributed by atoms with van der Waals surface area (Å²) in [6, 6.07) is 9.34. The van der Waals surface area contributed by atoms with Gasteiger partial charge in [-0.25, -0.2) is 5.43 Å². The van der Waals surface area contributed by atoms with Crippen molar-refractivity contribution in [3.05, 3.63) is 57.6 Å². The smallest absolute Gasteiger partial charge is 0.271 e. The molecule has 0 aliphatic carbocycles. The largest absolute Gasteiger partial charge is 0.506 e. The molecule has 0 unspecified atom stereocenters. The van der Waals surface area contributed by atoms with Gasteiger partial charge >= 0.3 is 0 Å². The summed E-state index contributed by atoms with van der Waals surface area (Å²) < 4.78 is 0. The zero-order valence-electron chi connectivity index (χ0n) is 11.6. The minimum absolute atomic E-state index is 0.113. The topological polar surface area (TPSA) is 87.7 Å². The van der Waals surface area contributed by atoms with Gasteiger partial charge in [0.25, 0.3) is 5.91 Å². The van der Waals surface area contributed by atoms with E-state index in [1.165, 1.54) is 12.1 Å².